The first kappa shape index (κ1) is 20.0. The predicted molar refractivity (Wildman–Crippen MR) is 120 cm³/mol. The van der Waals surface area contributed by atoms with Crippen molar-refractivity contribution in [1.29, 1.82) is 0 Å². The number of nitrogens with zero attached hydrogens (tertiary/aromatic N) is 3. The van der Waals surface area contributed by atoms with Gasteiger partial charge in [0.1, 0.15) is 22.6 Å². The third kappa shape index (κ3) is 4.27. The third-order valence-corrected chi connectivity index (χ3v) is 5.58. The molecule has 1 aromatic carbocycles. The molecule has 1 aliphatic rings. The number of hydrogen-bond donors (Lipinski definition) is 3. The van der Waals surface area contributed by atoms with Crippen LogP contribution in [0, 0.1) is 6.92 Å². The minimum absolute atomic E-state index is 0.273. The Morgan fingerprint density at radius 2 is 1.97 bits per heavy atom. The fraction of sp³-hybridized carbons (Fsp3) is 0.304. The average molecular weight is 432 g/mol. The van der Waals surface area contributed by atoms with Crippen LogP contribution in [-0.4, -0.2) is 32.3 Å². The van der Waals surface area contributed by atoms with Crippen LogP contribution in [0.4, 0.5) is 11.6 Å². The molecule has 3 aromatic heterocycles. The molecule has 0 atom stereocenters. The number of fused-ring (bicyclic) bond motifs is 1. The number of aromatic amines is 1. The molecule has 1 saturated carbocycles. The second-order valence-electron chi connectivity index (χ2n) is 7.99. The molecule has 0 saturated heterocycles. The van der Waals surface area contributed by atoms with E-state index in [1.54, 1.807) is 43.5 Å². The van der Waals surface area contributed by atoms with Crippen LogP contribution in [0.5, 0.6) is 11.5 Å². The standard InChI is InChI=1S/C23H24N6O3/c1-14-13-19(29-32-14)26-23(30)15-7-9-17(10-8-15)31-18-11-12-24-21-20(18)22(28-27-21)25-16-5-3-2-4-6-16/h7-13,16H,2-6H2,1H3,(H,26,29,30)(H2,24,25,27,28). The molecule has 1 amide bonds. The Labute approximate surface area is 184 Å². The number of H-pyrrole nitrogens is 1. The minimum atomic E-state index is -0.273. The van der Waals surface area contributed by atoms with Crippen LogP contribution in [0.15, 0.2) is 47.1 Å². The topological polar surface area (TPSA) is 118 Å². The summed E-state index contributed by atoms with van der Waals surface area (Å²) in [5.41, 5.74) is 1.15. The number of pyridine rings is 1. The zero-order valence-electron chi connectivity index (χ0n) is 17.7. The van der Waals surface area contributed by atoms with Crippen molar-refractivity contribution in [2.45, 2.75) is 45.1 Å². The molecule has 3 heterocycles. The lowest BCUT2D eigenvalue weighted by molar-refractivity contribution is 0.102. The van der Waals surface area contributed by atoms with Crippen LogP contribution in [-0.2, 0) is 0 Å². The second-order valence-corrected chi connectivity index (χ2v) is 7.99. The van der Waals surface area contributed by atoms with E-state index < -0.39 is 0 Å². The number of aryl methyl sites for hydroxylation is 1. The lowest BCUT2D eigenvalue weighted by atomic mass is 9.95. The normalized spacial score (nSPS) is 14.4. The molecule has 0 spiro atoms. The van der Waals surface area contributed by atoms with Gasteiger partial charge in [0.2, 0.25) is 0 Å². The Kier molecular flexibility index (Phi) is 5.45. The Morgan fingerprint density at radius 1 is 1.16 bits per heavy atom. The summed E-state index contributed by atoms with van der Waals surface area (Å²) in [6.45, 7) is 1.76. The molecule has 3 N–H and O–H groups in total. The van der Waals surface area contributed by atoms with Gasteiger partial charge in [-0.25, -0.2) is 4.98 Å². The number of amides is 1. The van der Waals surface area contributed by atoms with Crippen LogP contribution in [0.1, 0.15) is 48.2 Å². The van der Waals surface area contributed by atoms with E-state index in [0.717, 1.165) is 24.0 Å². The van der Waals surface area contributed by atoms with Crippen molar-refractivity contribution in [3.8, 4) is 11.5 Å². The fourth-order valence-electron chi connectivity index (χ4n) is 3.97. The Bertz CT molecular complexity index is 1220. The highest BCUT2D eigenvalue weighted by molar-refractivity contribution is 6.03. The highest BCUT2D eigenvalue weighted by Crippen LogP contribution is 2.34. The average Bonchev–Trinajstić information content (AvgIpc) is 3.41. The number of aromatic nitrogens is 4. The van der Waals surface area contributed by atoms with Crippen molar-refractivity contribution in [3.63, 3.8) is 0 Å². The van der Waals surface area contributed by atoms with Gasteiger partial charge in [-0.3, -0.25) is 9.89 Å². The predicted octanol–water partition coefficient (Wildman–Crippen LogP) is 5.04. The van der Waals surface area contributed by atoms with E-state index in [-0.39, 0.29) is 5.91 Å². The van der Waals surface area contributed by atoms with E-state index in [9.17, 15) is 4.79 Å². The van der Waals surface area contributed by atoms with Crippen LogP contribution in [0.2, 0.25) is 0 Å². The van der Waals surface area contributed by atoms with Crippen LogP contribution in [0.3, 0.4) is 0 Å². The number of hydrogen-bond acceptors (Lipinski definition) is 7. The van der Waals surface area contributed by atoms with Crippen LogP contribution >= 0.6 is 0 Å². The largest absolute Gasteiger partial charge is 0.456 e. The maximum Gasteiger partial charge on any atom is 0.256 e. The van der Waals surface area contributed by atoms with Crippen molar-refractivity contribution in [2.75, 3.05) is 10.6 Å². The highest BCUT2D eigenvalue weighted by Gasteiger charge is 2.19. The highest BCUT2D eigenvalue weighted by atomic mass is 16.5. The molecule has 9 nitrogen and oxygen atoms in total. The molecule has 164 valence electrons. The van der Waals surface area contributed by atoms with Gasteiger partial charge in [-0.1, -0.05) is 24.4 Å². The van der Waals surface area contributed by atoms with Gasteiger partial charge in [-0.2, -0.15) is 5.10 Å². The van der Waals surface area contributed by atoms with Crippen molar-refractivity contribution < 1.29 is 14.1 Å². The van der Waals surface area contributed by atoms with Gasteiger partial charge in [-0.15, -0.1) is 0 Å². The van der Waals surface area contributed by atoms with E-state index in [1.165, 1.54) is 19.3 Å². The van der Waals surface area contributed by atoms with Gasteiger partial charge >= 0.3 is 0 Å². The zero-order chi connectivity index (χ0) is 21.9. The number of anilines is 2. The number of ether oxygens (including phenoxy) is 1. The minimum Gasteiger partial charge on any atom is -0.456 e. The molecule has 0 radical (unpaired) electrons. The molecule has 0 aliphatic heterocycles. The van der Waals surface area contributed by atoms with Crippen molar-refractivity contribution in [2.24, 2.45) is 0 Å². The molecule has 1 fully saturated rings. The number of benzene rings is 1. The molecule has 0 bridgehead atoms. The van der Waals surface area contributed by atoms with Crippen molar-refractivity contribution >= 4 is 28.6 Å². The molecule has 9 heteroatoms. The van der Waals surface area contributed by atoms with Crippen molar-refractivity contribution in [1.82, 2.24) is 20.3 Å². The van der Waals surface area contributed by atoms with E-state index in [1.807, 2.05) is 6.07 Å². The van der Waals surface area contributed by atoms with Gasteiger partial charge in [-0.05, 0) is 44.0 Å². The smallest absolute Gasteiger partial charge is 0.256 e. The molecular weight excluding hydrogens is 408 g/mol. The van der Waals surface area contributed by atoms with E-state index in [0.29, 0.717) is 40.3 Å². The maximum atomic E-state index is 12.4. The molecular formula is C23H24N6O3. The Hall–Kier alpha value is -3.88. The Balaban J connectivity index is 1.32. The molecule has 5 rings (SSSR count). The summed E-state index contributed by atoms with van der Waals surface area (Å²) in [6, 6.07) is 10.8. The number of carbonyl (C=O) groups is 1. The molecule has 32 heavy (non-hydrogen) atoms. The Morgan fingerprint density at radius 3 is 2.72 bits per heavy atom. The van der Waals surface area contributed by atoms with E-state index in [2.05, 4.69) is 31.0 Å². The second kappa shape index (κ2) is 8.70. The summed E-state index contributed by atoms with van der Waals surface area (Å²) in [5, 5.41) is 18.3. The first-order valence-electron chi connectivity index (χ1n) is 10.8. The summed E-state index contributed by atoms with van der Waals surface area (Å²) < 4.78 is 11.1. The zero-order valence-corrected chi connectivity index (χ0v) is 17.7. The fourth-order valence-corrected chi connectivity index (χ4v) is 3.97. The van der Waals surface area contributed by atoms with Gasteiger partial charge in [0.15, 0.2) is 17.3 Å². The van der Waals surface area contributed by atoms with Gasteiger partial charge in [0.25, 0.3) is 5.91 Å². The van der Waals surface area contributed by atoms with Crippen LogP contribution < -0.4 is 15.4 Å². The number of carbonyl (C=O) groups excluding carboxylic acids is 1. The molecule has 1 aliphatic carbocycles. The van der Waals surface area contributed by atoms with Gasteiger partial charge in [0, 0.05) is 29.9 Å². The molecule has 0 unspecified atom stereocenters. The number of nitrogens with one attached hydrogen (secondary N) is 3. The summed E-state index contributed by atoms with van der Waals surface area (Å²) >= 11 is 0. The van der Waals surface area contributed by atoms with E-state index in [4.69, 9.17) is 9.26 Å². The summed E-state index contributed by atoms with van der Waals surface area (Å²) in [4.78, 5) is 16.8. The summed E-state index contributed by atoms with van der Waals surface area (Å²) in [5.74, 6) is 2.75. The molecule has 4 aromatic rings. The monoisotopic (exact) mass is 432 g/mol. The first-order chi connectivity index (χ1) is 15.7. The van der Waals surface area contributed by atoms with Gasteiger partial charge < -0.3 is 19.9 Å². The lowest BCUT2D eigenvalue weighted by Gasteiger charge is -2.22. The van der Waals surface area contributed by atoms with Crippen LogP contribution in [0.25, 0.3) is 11.0 Å². The number of rotatable bonds is 6. The van der Waals surface area contributed by atoms with E-state index >= 15 is 0 Å². The lowest BCUT2D eigenvalue weighted by Crippen LogP contribution is -2.22. The summed E-state index contributed by atoms with van der Waals surface area (Å²) in [7, 11) is 0. The van der Waals surface area contributed by atoms with Gasteiger partial charge in [0.05, 0.1) is 0 Å². The summed E-state index contributed by atoms with van der Waals surface area (Å²) in [6.07, 6.45) is 7.73. The van der Waals surface area contributed by atoms with Crippen molar-refractivity contribution in [3.05, 3.63) is 53.9 Å². The maximum absolute atomic E-state index is 12.4. The first-order valence-corrected chi connectivity index (χ1v) is 10.8. The third-order valence-electron chi connectivity index (χ3n) is 5.58. The quantitative estimate of drug-likeness (QED) is 0.390. The SMILES string of the molecule is Cc1cc(NC(=O)c2ccc(Oc3ccnc4[nH]nc(NC5CCCCC5)c34)cc2)no1.